The van der Waals surface area contributed by atoms with Crippen LogP contribution in [-0.2, 0) is 22.6 Å². The van der Waals surface area contributed by atoms with E-state index in [9.17, 15) is 9.59 Å². The van der Waals surface area contributed by atoms with E-state index in [2.05, 4.69) is 17.4 Å². The van der Waals surface area contributed by atoms with Crippen molar-refractivity contribution in [1.29, 1.82) is 0 Å². The molecule has 0 radical (unpaired) electrons. The highest BCUT2D eigenvalue weighted by Gasteiger charge is 2.33. The average molecular weight is 288 g/mol. The fraction of sp³-hybridized carbons (Fsp3) is 0.500. The molecule has 2 heterocycles. The van der Waals surface area contributed by atoms with Gasteiger partial charge in [-0.1, -0.05) is 24.3 Å². The molecule has 1 aromatic carbocycles. The number of nitrogens with one attached hydrogen (secondary N) is 1. The molecule has 112 valence electrons. The molecule has 2 aliphatic rings. The molecule has 2 atom stereocenters. The first-order chi connectivity index (χ1) is 10.1. The Morgan fingerprint density at radius 2 is 2.05 bits per heavy atom. The number of carboxylic acids is 1. The Morgan fingerprint density at radius 3 is 2.81 bits per heavy atom. The van der Waals surface area contributed by atoms with Gasteiger partial charge in [-0.25, -0.2) is 0 Å². The summed E-state index contributed by atoms with van der Waals surface area (Å²) in [5, 5.41) is 12.1. The smallest absolute Gasteiger partial charge is 0.303 e. The van der Waals surface area contributed by atoms with E-state index < -0.39 is 5.97 Å². The summed E-state index contributed by atoms with van der Waals surface area (Å²) in [7, 11) is 0. The first-order valence-corrected chi connectivity index (χ1v) is 7.44. The number of nitrogens with zero attached hydrogens (tertiary/aromatic N) is 1. The number of aliphatic carboxylic acids is 1. The van der Waals surface area contributed by atoms with Crippen LogP contribution in [0.1, 0.15) is 24.0 Å². The Labute approximate surface area is 123 Å². The third-order valence-electron chi connectivity index (χ3n) is 4.44. The van der Waals surface area contributed by atoms with E-state index in [1.54, 1.807) is 0 Å². The van der Waals surface area contributed by atoms with E-state index in [1.165, 1.54) is 11.1 Å². The lowest BCUT2D eigenvalue weighted by Gasteiger charge is -2.29. The van der Waals surface area contributed by atoms with Gasteiger partial charge in [0, 0.05) is 26.1 Å². The van der Waals surface area contributed by atoms with Crippen molar-refractivity contribution in [3.05, 3.63) is 35.4 Å². The van der Waals surface area contributed by atoms with Gasteiger partial charge in [-0.05, 0) is 29.9 Å². The van der Waals surface area contributed by atoms with Gasteiger partial charge in [0.2, 0.25) is 5.91 Å². The predicted molar refractivity (Wildman–Crippen MR) is 77.7 cm³/mol. The lowest BCUT2D eigenvalue weighted by molar-refractivity contribution is -0.138. The lowest BCUT2D eigenvalue weighted by atomic mass is 9.95. The molecule has 2 N–H and O–H groups in total. The third kappa shape index (κ3) is 3.08. The van der Waals surface area contributed by atoms with Crippen molar-refractivity contribution in [1.82, 2.24) is 10.2 Å². The van der Waals surface area contributed by atoms with Crippen LogP contribution in [0.4, 0.5) is 0 Å². The molecule has 0 aromatic heterocycles. The highest BCUT2D eigenvalue weighted by atomic mass is 16.4. The van der Waals surface area contributed by atoms with Gasteiger partial charge in [0.15, 0.2) is 0 Å². The van der Waals surface area contributed by atoms with Crippen molar-refractivity contribution < 1.29 is 14.7 Å². The SMILES string of the molecule is O=C(O)CC1CCN(C(=O)C2Cc3ccccc3CN2)C1. The molecule has 0 saturated carbocycles. The lowest BCUT2D eigenvalue weighted by Crippen LogP contribution is -2.48. The molecule has 1 fully saturated rings. The van der Waals surface area contributed by atoms with Crippen molar-refractivity contribution in [3.8, 4) is 0 Å². The molecule has 1 amide bonds. The van der Waals surface area contributed by atoms with Crippen LogP contribution in [0, 0.1) is 5.92 Å². The van der Waals surface area contributed by atoms with Crippen LogP contribution >= 0.6 is 0 Å². The molecule has 0 aliphatic carbocycles. The molecule has 5 heteroatoms. The van der Waals surface area contributed by atoms with Crippen molar-refractivity contribution in [2.24, 2.45) is 5.92 Å². The molecule has 21 heavy (non-hydrogen) atoms. The molecule has 0 bridgehead atoms. The van der Waals surface area contributed by atoms with E-state index in [0.717, 1.165) is 19.4 Å². The molecule has 0 spiro atoms. The molecular weight excluding hydrogens is 268 g/mol. The van der Waals surface area contributed by atoms with Crippen molar-refractivity contribution in [2.45, 2.75) is 31.8 Å². The first-order valence-electron chi connectivity index (χ1n) is 7.44. The zero-order valence-corrected chi connectivity index (χ0v) is 11.9. The summed E-state index contributed by atoms with van der Waals surface area (Å²) in [6, 6.07) is 8.00. The molecule has 2 unspecified atom stereocenters. The van der Waals surface area contributed by atoms with Gasteiger partial charge < -0.3 is 15.3 Å². The standard InChI is InChI=1S/C16H20N2O3/c19-15(20)7-11-5-6-18(10-11)16(21)14-8-12-3-1-2-4-13(12)9-17-14/h1-4,11,14,17H,5-10H2,(H,19,20). The van der Waals surface area contributed by atoms with Gasteiger partial charge in [-0.3, -0.25) is 9.59 Å². The fourth-order valence-corrected chi connectivity index (χ4v) is 3.30. The Kier molecular flexibility index (Phi) is 3.92. The van der Waals surface area contributed by atoms with E-state index in [4.69, 9.17) is 5.11 Å². The maximum absolute atomic E-state index is 12.6. The predicted octanol–water partition coefficient (Wildman–Crippen LogP) is 1.02. The number of hydrogen-bond acceptors (Lipinski definition) is 3. The van der Waals surface area contributed by atoms with Crippen molar-refractivity contribution in [3.63, 3.8) is 0 Å². The second-order valence-electron chi connectivity index (χ2n) is 5.94. The highest BCUT2D eigenvalue weighted by Crippen LogP contribution is 2.23. The monoisotopic (exact) mass is 288 g/mol. The van der Waals surface area contributed by atoms with Crippen LogP contribution in [0.25, 0.3) is 0 Å². The Bertz CT molecular complexity index is 558. The minimum atomic E-state index is -0.779. The van der Waals surface area contributed by atoms with Gasteiger partial charge in [0.25, 0.3) is 0 Å². The first kappa shape index (κ1) is 14.1. The maximum atomic E-state index is 12.6. The normalized spacial score (nSPS) is 24.7. The third-order valence-corrected chi connectivity index (χ3v) is 4.44. The largest absolute Gasteiger partial charge is 0.481 e. The average Bonchev–Trinajstić information content (AvgIpc) is 2.93. The van der Waals surface area contributed by atoms with Crippen LogP contribution in [0.5, 0.6) is 0 Å². The zero-order chi connectivity index (χ0) is 14.8. The van der Waals surface area contributed by atoms with E-state index in [0.29, 0.717) is 13.1 Å². The second-order valence-corrected chi connectivity index (χ2v) is 5.94. The summed E-state index contributed by atoms with van der Waals surface area (Å²) in [5.74, 6) is -0.571. The van der Waals surface area contributed by atoms with E-state index >= 15 is 0 Å². The summed E-state index contributed by atoms with van der Waals surface area (Å²) in [6.45, 7) is 1.97. The number of fused-ring (bicyclic) bond motifs is 1. The summed E-state index contributed by atoms with van der Waals surface area (Å²) in [6.07, 6.45) is 1.67. The van der Waals surface area contributed by atoms with Gasteiger partial charge in [0.1, 0.15) is 0 Å². The Hall–Kier alpha value is -1.88. The number of carbonyl (C=O) groups excluding carboxylic acids is 1. The number of likely N-dealkylation sites (tertiary alicyclic amines) is 1. The van der Waals surface area contributed by atoms with Crippen molar-refractivity contribution in [2.75, 3.05) is 13.1 Å². The molecule has 1 aromatic rings. The Morgan fingerprint density at radius 1 is 1.29 bits per heavy atom. The number of benzene rings is 1. The van der Waals surface area contributed by atoms with Crippen LogP contribution in [0.2, 0.25) is 0 Å². The zero-order valence-electron chi connectivity index (χ0n) is 11.9. The number of hydrogen-bond donors (Lipinski definition) is 2. The van der Waals surface area contributed by atoms with E-state index in [1.807, 2.05) is 17.0 Å². The van der Waals surface area contributed by atoms with Crippen LogP contribution in [0.15, 0.2) is 24.3 Å². The quantitative estimate of drug-likeness (QED) is 0.871. The topological polar surface area (TPSA) is 69.6 Å². The van der Waals surface area contributed by atoms with Crippen LogP contribution < -0.4 is 5.32 Å². The summed E-state index contributed by atoms with van der Waals surface area (Å²) < 4.78 is 0. The van der Waals surface area contributed by atoms with Crippen LogP contribution in [-0.4, -0.2) is 41.0 Å². The molecule has 5 nitrogen and oxygen atoms in total. The van der Waals surface area contributed by atoms with Crippen LogP contribution in [0.3, 0.4) is 0 Å². The summed E-state index contributed by atoms with van der Waals surface area (Å²) >= 11 is 0. The molecule has 2 aliphatic heterocycles. The fourth-order valence-electron chi connectivity index (χ4n) is 3.30. The van der Waals surface area contributed by atoms with Gasteiger partial charge in [0.05, 0.1) is 6.04 Å². The molecular formula is C16H20N2O3. The van der Waals surface area contributed by atoms with Crippen molar-refractivity contribution >= 4 is 11.9 Å². The minimum absolute atomic E-state index is 0.0994. The summed E-state index contributed by atoms with van der Waals surface area (Å²) in [4.78, 5) is 25.1. The second kappa shape index (κ2) is 5.85. The number of carbonyl (C=O) groups is 2. The molecule has 3 rings (SSSR count). The van der Waals surface area contributed by atoms with E-state index in [-0.39, 0.29) is 24.3 Å². The molecule has 1 saturated heterocycles. The summed E-state index contributed by atoms with van der Waals surface area (Å²) in [5.41, 5.74) is 2.49. The van der Waals surface area contributed by atoms with Gasteiger partial charge >= 0.3 is 5.97 Å². The number of rotatable bonds is 3. The van der Waals surface area contributed by atoms with Gasteiger partial charge in [-0.2, -0.15) is 0 Å². The Balaban J connectivity index is 1.61. The number of amides is 1. The van der Waals surface area contributed by atoms with Gasteiger partial charge in [-0.15, -0.1) is 0 Å². The number of carboxylic acid groups (broad SMARTS) is 1. The highest BCUT2D eigenvalue weighted by molar-refractivity contribution is 5.83. The minimum Gasteiger partial charge on any atom is -0.481 e. The maximum Gasteiger partial charge on any atom is 0.303 e.